The first kappa shape index (κ1) is 16.5. The van der Waals surface area contributed by atoms with Crippen LogP contribution in [0.4, 0.5) is 0 Å². The van der Waals surface area contributed by atoms with E-state index in [1.165, 1.54) is 22.1 Å². The molecule has 0 fully saturated rings. The van der Waals surface area contributed by atoms with Gasteiger partial charge in [0, 0.05) is 30.5 Å². The molecule has 0 aliphatic rings. The third-order valence-corrected chi connectivity index (χ3v) is 4.70. The Morgan fingerprint density at radius 2 is 2.00 bits per heavy atom. The molecule has 0 saturated heterocycles. The van der Waals surface area contributed by atoms with Gasteiger partial charge in [-0.1, -0.05) is 24.3 Å². The van der Waals surface area contributed by atoms with Gasteiger partial charge in [-0.3, -0.25) is 9.47 Å². The summed E-state index contributed by atoms with van der Waals surface area (Å²) in [5.74, 6) is 1.90. The SMILES string of the molecule is Cc1c(CN(C)Cc2ccc(-n3ccnc3)nc2)oc2c(C)cccc12. The Morgan fingerprint density at radius 3 is 2.69 bits per heavy atom. The fourth-order valence-electron chi connectivity index (χ4n) is 3.25. The number of fused-ring (bicyclic) bond motifs is 1. The number of nitrogens with zero attached hydrogens (tertiary/aromatic N) is 4. The number of hydrogen-bond acceptors (Lipinski definition) is 4. The van der Waals surface area contributed by atoms with Crippen molar-refractivity contribution in [2.45, 2.75) is 26.9 Å². The van der Waals surface area contributed by atoms with Crippen LogP contribution in [0.25, 0.3) is 16.8 Å². The lowest BCUT2D eigenvalue weighted by molar-refractivity contribution is 0.290. The summed E-state index contributed by atoms with van der Waals surface area (Å²) >= 11 is 0. The van der Waals surface area contributed by atoms with E-state index in [2.05, 4.69) is 60.0 Å². The molecule has 0 aliphatic heterocycles. The number of aromatic nitrogens is 3. The van der Waals surface area contributed by atoms with E-state index in [0.717, 1.165) is 30.3 Å². The Labute approximate surface area is 152 Å². The number of rotatable bonds is 5. The van der Waals surface area contributed by atoms with Crippen molar-refractivity contribution in [2.24, 2.45) is 0 Å². The molecule has 0 spiro atoms. The molecule has 4 rings (SSSR count). The van der Waals surface area contributed by atoms with Crippen LogP contribution in [-0.4, -0.2) is 26.5 Å². The smallest absolute Gasteiger partial charge is 0.137 e. The molecular formula is C21H22N4O. The van der Waals surface area contributed by atoms with Crippen LogP contribution in [0.5, 0.6) is 0 Å². The quantitative estimate of drug-likeness (QED) is 0.542. The van der Waals surface area contributed by atoms with Gasteiger partial charge in [-0.25, -0.2) is 9.97 Å². The van der Waals surface area contributed by atoms with Crippen molar-refractivity contribution < 1.29 is 4.42 Å². The molecule has 3 aromatic heterocycles. The molecule has 0 radical (unpaired) electrons. The molecular weight excluding hydrogens is 324 g/mol. The number of benzene rings is 1. The second kappa shape index (κ2) is 6.77. The number of imidazole rings is 1. The Hall–Kier alpha value is -2.92. The third kappa shape index (κ3) is 3.13. The summed E-state index contributed by atoms with van der Waals surface area (Å²) in [5.41, 5.74) is 4.57. The van der Waals surface area contributed by atoms with E-state index in [9.17, 15) is 0 Å². The zero-order chi connectivity index (χ0) is 18.1. The Kier molecular flexibility index (Phi) is 4.31. The van der Waals surface area contributed by atoms with E-state index < -0.39 is 0 Å². The first-order chi connectivity index (χ1) is 12.6. The van der Waals surface area contributed by atoms with E-state index in [0.29, 0.717) is 0 Å². The summed E-state index contributed by atoms with van der Waals surface area (Å²) in [4.78, 5) is 10.8. The molecule has 1 aromatic carbocycles. The molecule has 3 heterocycles. The van der Waals surface area contributed by atoms with Crippen molar-refractivity contribution in [2.75, 3.05) is 7.05 Å². The van der Waals surface area contributed by atoms with Crippen LogP contribution in [0.2, 0.25) is 0 Å². The minimum absolute atomic E-state index is 0.767. The van der Waals surface area contributed by atoms with E-state index in [-0.39, 0.29) is 0 Å². The molecule has 5 nitrogen and oxygen atoms in total. The summed E-state index contributed by atoms with van der Waals surface area (Å²) in [6.07, 6.45) is 7.31. The number of hydrogen-bond donors (Lipinski definition) is 0. The summed E-state index contributed by atoms with van der Waals surface area (Å²) in [6.45, 7) is 5.80. The van der Waals surface area contributed by atoms with Crippen LogP contribution in [0, 0.1) is 13.8 Å². The van der Waals surface area contributed by atoms with Crippen LogP contribution in [0.1, 0.15) is 22.5 Å². The third-order valence-electron chi connectivity index (χ3n) is 4.70. The van der Waals surface area contributed by atoms with Gasteiger partial charge in [-0.15, -0.1) is 0 Å². The largest absolute Gasteiger partial charge is 0.459 e. The topological polar surface area (TPSA) is 47.1 Å². The Morgan fingerprint density at radius 1 is 1.12 bits per heavy atom. The highest BCUT2D eigenvalue weighted by Crippen LogP contribution is 2.28. The molecule has 0 unspecified atom stereocenters. The van der Waals surface area contributed by atoms with Crippen molar-refractivity contribution in [1.29, 1.82) is 0 Å². The van der Waals surface area contributed by atoms with E-state index >= 15 is 0 Å². The average Bonchev–Trinajstić information content (AvgIpc) is 3.26. The molecule has 0 bridgehead atoms. The molecule has 5 heteroatoms. The molecule has 0 amide bonds. The minimum atomic E-state index is 0.767. The normalized spacial score (nSPS) is 11.5. The molecule has 0 aliphatic carbocycles. The van der Waals surface area contributed by atoms with Gasteiger partial charge in [-0.2, -0.15) is 0 Å². The number of pyridine rings is 1. The second-order valence-corrected chi connectivity index (χ2v) is 6.77. The van der Waals surface area contributed by atoms with Crippen molar-refractivity contribution >= 4 is 11.0 Å². The molecule has 26 heavy (non-hydrogen) atoms. The fourth-order valence-corrected chi connectivity index (χ4v) is 3.25. The Bertz CT molecular complexity index is 1020. The van der Waals surface area contributed by atoms with Crippen LogP contribution in [0.15, 0.2) is 59.7 Å². The lowest BCUT2D eigenvalue weighted by Crippen LogP contribution is -2.17. The summed E-state index contributed by atoms with van der Waals surface area (Å²) in [6, 6.07) is 10.4. The number of furan rings is 1. The van der Waals surface area contributed by atoms with E-state index in [4.69, 9.17) is 4.42 Å². The Balaban J connectivity index is 1.48. The number of aryl methyl sites for hydroxylation is 2. The van der Waals surface area contributed by atoms with Crippen molar-refractivity contribution in [3.05, 3.63) is 77.7 Å². The van der Waals surface area contributed by atoms with Gasteiger partial charge in [0.1, 0.15) is 23.5 Å². The number of para-hydroxylation sites is 1. The highest BCUT2D eigenvalue weighted by molar-refractivity contribution is 5.84. The van der Waals surface area contributed by atoms with E-state index in [1.54, 1.807) is 12.5 Å². The first-order valence-corrected chi connectivity index (χ1v) is 8.71. The van der Waals surface area contributed by atoms with Crippen molar-refractivity contribution in [3.63, 3.8) is 0 Å². The van der Waals surface area contributed by atoms with Crippen LogP contribution in [0.3, 0.4) is 0 Å². The maximum atomic E-state index is 6.14. The molecule has 0 atom stereocenters. The van der Waals surface area contributed by atoms with Crippen molar-refractivity contribution in [1.82, 2.24) is 19.4 Å². The minimum Gasteiger partial charge on any atom is -0.459 e. The lowest BCUT2D eigenvalue weighted by atomic mass is 10.1. The average molecular weight is 346 g/mol. The molecule has 4 aromatic rings. The maximum Gasteiger partial charge on any atom is 0.137 e. The molecule has 0 saturated carbocycles. The van der Waals surface area contributed by atoms with Gasteiger partial charge in [0.05, 0.1) is 6.54 Å². The van der Waals surface area contributed by atoms with Gasteiger partial charge in [0.2, 0.25) is 0 Å². The standard InChI is InChI=1S/C21H22N4O/c1-15-5-4-6-18-16(2)19(26-21(15)18)13-24(3)12-17-7-8-20(23-11-17)25-10-9-22-14-25/h4-11,14H,12-13H2,1-3H3. The monoisotopic (exact) mass is 346 g/mol. The van der Waals surface area contributed by atoms with Crippen LogP contribution >= 0.6 is 0 Å². The first-order valence-electron chi connectivity index (χ1n) is 8.71. The zero-order valence-electron chi connectivity index (χ0n) is 15.3. The molecule has 132 valence electrons. The highest BCUT2D eigenvalue weighted by Gasteiger charge is 2.14. The summed E-state index contributed by atoms with van der Waals surface area (Å²) in [7, 11) is 2.10. The maximum absolute atomic E-state index is 6.14. The second-order valence-electron chi connectivity index (χ2n) is 6.77. The lowest BCUT2D eigenvalue weighted by Gasteiger charge is -2.15. The van der Waals surface area contributed by atoms with Gasteiger partial charge in [-0.05, 0) is 43.7 Å². The van der Waals surface area contributed by atoms with Crippen LogP contribution in [-0.2, 0) is 13.1 Å². The summed E-state index contributed by atoms with van der Waals surface area (Å²) in [5, 5.41) is 1.21. The summed E-state index contributed by atoms with van der Waals surface area (Å²) < 4.78 is 8.03. The van der Waals surface area contributed by atoms with Gasteiger partial charge < -0.3 is 4.42 Å². The zero-order valence-corrected chi connectivity index (χ0v) is 15.3. The van der Waals surface area contributed by atoms with Gasteiger partial charge >= 0.3 is 0 Å². The highest BCUT2D eigenvalue weighted by atomic mass is 16.3. The van der Waals surface area contributed by atoms with Gasteiger partial charge in [0.15, 0.2) is 0 Å². The predicted octanol–water partition coefficient (Wildman–Crippen LogP) is 4.26. The molecule has 0 N–H and O–H groups in total. The van der Waals surface area contributed by atoms with Gasteiger partial charge in [0.25, 0.3) is 0 Å². The van der Waals surface area contributed by atoms with Crippen LogP contribution < -0.4 is 0 Å². The fraction of sp³-hybridized carbons (Fsp3) is 0.238. The predicted molar refractivity (Wildman–Crippen MR) is 102 cm³/mol. The van der Waals surface area contributed by atoms with E-state index in [1.807, 2.05) is 23.0 Å². The van der Waals surface area contributed by atoms with Crippen molar-refractivity contribution in [3.8, 4) is 5.82 Å².